The van der Waals surface area contributed by atoms with Gasteiger partial charge in [-0.25, -0.2) is 4.98 Å². The van der Waals surface area contributed by atoms with Crippen LogP contribution in [0.2, 0.25) is 5.02 Å². The van der Waals surface area contributed by atoms with Crippen molar-refractivity contribution in [2.45, 2.75) is 33.2 Å². The highest BCUT2D eigenvalue weighted by molar-refractivity contribution is 14.0. The van der Waals surface area contributed by atoms with Gasteiger partial charge in [0.1, 0.15) is 6.61 Å². The number of aryl methyl sites for hydroxylation is 2. The summed E-state index contributed by atoms with van der Waals surface area (Å²) in [6.07, 6.45) is 2.45. The molecule has 2 aromatic rings. The Morgan fingerprint density at radius 3 is 2.67 bits per heavy atom. The molecule has 0 saturated carbocycles. The van der Waals surface area contributed by atoms with Crippen molar-refractivity contribution >= 4 is 41.5 Å². The van der Waals surface area contributed by atoms with Gasteiger partial charge >= 0.3 is 0 Å². The third-order valence-electron chi connectivity index (χ3n) is 4.12. The van der Waals surface area contributed by atoms with E-state index in [9.17, 15) is 0 Å². The van der Waals surface area contributed by atoms with Gasteiger partial charge in [0.2, 0.25) is 5.88 Å². The maximum absolute atomic E-state index is 5.80. The van der Waals surface area contributed by atoms with Crippen LogP contribution in [0.25, 0.3) is 0 Å². The minimum Gasteiger partial charge on any atom is -0.476 e. The lowest BCUT2D eigenvalue weighted by Crippen LogP contribution is -2.44. The van der Waals surface area contributed by atoms with Crippen molar-refractivity contribution < 1.29 is 4.74 Å². The van der Waals surface area contributed by atoms with Crippen LogP contribution in [0.4, 0.5) is 0 Å². The van der Waals surface area contributed by atoms with Gasteiger partial charge in [0.15, 0.2) is 5.96 Å². The quantitative estimate of drug-likeness (QED) is 0.261. The van der Waals surface area contributed by atoms with E-state index in [1.165, 1.54) is 11.3 Å². The lowest BCUT2D eigenvalue weighted by atomic mass is 10.1. The van der Waals surface area contributed by atoms with Gasteiger partial charge in [-0.3, -0.25) is 9.67 Å². The van der Waals surface area contributed by atoms with Crippen molar-refractivity contribution in [2.75, 3.05) is 20.2 Å². The van der Waals surface area contributed by atoms with Crippen LogP contribution >= 0.6 is 35.6 Å². The molecule has 0 spiro atoms. The highest BCUT2D eigenvalue weighted by Gasteiger charge is 2.13. The summed E-state index contributed by atoms with van der Waals surface area (Å²) in [5.41, 5.74) is 3.55. The normalized spacial score (nSPS) is 12.3. The monoisotopic (exact) mass is 506 g/mol. The molecule has 0 saturated heterocycles. The number of nitrogens with zero attached hydrogens (tertiary/aromatic N) is 4. The summed E-state index contributed by atoms with van der Waals surface area (Å²) in [5.74, 6) is 1.29. The Bertz CT molecular complexity index is 747. The standard InChI is InChI=1S/C18H27ClN6O.HI/c1-12(10-16-13(2)24-25(5)14(16)3)23-18(20-4)21-8-9-26-17-7-6-15(19)11-22-17;/h6-7,11-12H,8-10H2,1-5H3,(H2,20,21,23);1H. The number of hydrogen-bond donors (Lipinski definition) is 2. The molecule has 0 radical (unpaired) electrons. The largest absolute Gasteiger partial charge is 0.476 e. The zero-order chi connectivity index (χ0) is 19.1. The minimum absolute atomic E-state index is 0. The molecular weight excluding hydrogens is 479 g/mol. The van der Waals surface area contributed by atoms with Crippen LogP contribution < -0.4 is 15.4 Å². The molecule has 1 atom stereocenters. The second kappa shape index (κ2) is 11.3. The molecule has 0 aromatic carbocycles. The Kier molecular flexibility index (Phi) is 9.86. The van der Waals surface area contributed by atoms with Crippen molar-refractivity contribution in [3.63, 3.8) is 0 Å². The minimum atomic E-state index is 0. The first kappa shape index (κ1) is 23.5. The zero-order valence-corrected chi connectivity index (χ0v) is 19.5. The van der Waals surface area contributed by atoms with Crippen LogP contribution in [0.1, 0.15) is 23.9 Å². The molecule has 0 aliphatic heterocycles. The number of ether oxygens (including phenoxy) is 1. The first-order chi connectivity index (χ1) is 12.4. The highest BCUT2D eigenvalue weighted by Crippen LogP contribution is 2.14. The fourth-order valence-corrected chi connectivity index (χ4v) is 2.78. The summed E-state index contributed by atoms with van der Waals surface area (Å²) in [4.78, 5) is 8.35. The molecule has 0 aliphatic rings. The number of aliphatic imine (C=N–C) groups is 1. The molecule has 2 N–H and O–H groups in total. The van der Waals surface area contributed by atoms with E-state index in [0.29, 0.717) is 24.1 Å². The molecule has 1 unspecified atom stereocenters. The van der Waals surface area contributed by atoms with Crippen molar-refractivity contribution in [1.82, 2.24) is 25.4 Å². The number of nitrogens with one attached hydrogen (secondary N) is 2. The molecule has 0 bridgehead atoms. The number of pyridine rings is 1. The van der Waals surface area contributed by atoms with Crippen LogP contribution in [-0.2, 0) is 13.5 Å². The summed E-state index contributed by atoms with van der Waals surface area (Å²) in [6, 6.07) is 3.72. The number of halogens is 2. The van der Waals surface area contributed by atoms with Gasteiger partial charge in [-0.15, -0.1) is 24.0 Å². The van der Waals surface area contributed by atoms with E-state index in [-0.39, 0.29) is 30.0 Å². The molecule has 0 amide bonds. The molecule has 9 heteroatoms. The first-order valence-corrected chi connectivity index (χ1v) is 8.99. The highest BCUT2D eigenvalue weighted by atomic mass is 127. The Labute approximate surface area is 183 Å². The van der Waals surface area contributed by atoms with Crippen molar-refractivity contribution in [1.29, 1.82) is 0 Å². The lowest BCUT2D eigenvalue weighted by Gasteiger charge is -2.18. The van der Waals surface area contributed by atoms with E-state index in [4.69, 9.17) is 16.3 Å². The van der Waals surface area contributed by atoms with Gasteiger partial charge in [-0.2, -0.15) is 5.10 Å². The van der Waals surface area contributed by atoms with Crippen LogP contribution in [0.5, 0.6) is 5.88 Å². The van der Waals surface area contributed by atoms with Gasteiger partial charge < -0.3 is 15.4 Å². The predicted octanol–water partition coefficient (Wildman–Crippen LogP) is 2.88. The van der Waals surface area contributed by atoms with Gasteiger partial charge in [0, 0.05) is 38.1 Å². The zero-order valence-electron chi connectivity index (χ0n) is 16.4. The van der Waals surface area contributed by atoms with Crippen molar-refractivity contribution in [3.05, 3.63) is 40.3 Å². The maximum atomic E-state index is 5.80. The summed E-state index contributed by atoms with van der Waals surface area (Å²) in [6.45, 7) is 7.36. The summed E-state index contributed by atoms with van der Waals surface area (Å²) >= 11 is 5.80. The first-order valence-electron chi connectivity index (χ1n) is 8.61. The maximum Gasteiger partial charge on any atom is 0.213 e. The second-order valence-corrected chi connectivity index (χ2v) is 6.62. The van der Waals surface area contributed by atoms with E-state index in [0.717, 1.165) is 18.1 Å². The Morgan fingerprint density at radius 1 is 1.37 bits per heavy atom. The Balaban J connectivity index is 0.00000364. The fraction of sp³-hybridized carbons (Fsp3) is 0.500. The van der Waals surface area contributed by atoms with Crippen LogP contribution in [0.15, 0.2) is 23.3 Å². The molecular formula is C18H28ClIN6O. The molecule has 150 valence electrons. The Hall–Kier alpha value is -1.55. The molecule has 0 fully saturated rings. The van der Waals surface area contributed by atoms with Crippen molar-refractivity contribution in [3.8, 4) is 5.88 Å². The smallest absolute Gasteiger partial charge is 0.213 e. The number of aromatic nitrogens is 3. The van der Waals surface area contributed by atoms with Gasteiger partial charge in [-0.1, -0.05) is 11.6 Å². The molecule has 0 aliphatic carbocycles. The average molecular weight is 507 g/mol. The number of rotatable bonds is 7. The molecule has 2 rings (SSSR count). The van der Waals surface area contributed by atoms with Crippen LogP contribution in [-0.4, -0.2) is 47.0 Å². The molecule has 2 aromatic heterocycles. The van der Waals surface area contributed by atoms with Crippen LogP contribution in [0, 0.1) is 13.8 Å². The summed E-state index contributed by atoms with van der Waals surface area (Å²) < 4.78 is 7.49. The molecule has 2 heterocycles. The van der Waals surface area contributed by atoms with Gasteiger partial charge in [0.05, 0.1) is 17.3 Å². The van der Waals surface area contributed by atoms with E-state index in [2.05, 4.69) is 39.6 Å². The third-order valence-corrected chi connectivity index (χ3v) is 4.34. The fourth-order valence-electron chi connectivity index (χ4n) is 2.67. The van der Waals surface area contributed by atoms with Crippen molar-refractivity contribution in [2.24, 2.45) is 12.0 Å². The topological polar surface area (TPSA) is 76.4 Å². The van der Waals surface area contributed by atoms with Crippen LogP contribution in [0.3, 0.4) is 0 Å². The van der Waals surface area contributed by atoms with E-state index < -0.39 is 0 Å². The third kappa shape index (κ3) is 7.17. The molecule has 7 nitrogen and oxygen atoms in total. The number of guanidine groups is 1. The summed E-state index contributed by atoms with van der Waals surface area (Å²) in [5, 5.41) is 11.7. The second-order valence-electron chi connectivity index (χ2n) is 6.18. The van der Waals surface area contributed by atoms with E-state index in [1.54, 1.807) is 25.4 Å². The van der Waals surface area contributed by atoms with E-state index >= 15 is 0 Å². The SMILES string of the molecule is CN=C(NCCOc1ccc(Cl)cn1)NC(C)Cc1c(C)nn(C)c1C.I. The number of hydrogen-bond acceptors (Lipinski definition) is 4. The summed E-state index contributed by atoms with van der Waals surface area (Å²) in [7, 11) is 3.73. The average Bonchev–Trinajstić information content (AvgIpc) is 2.85. The van der Waals surface area contributed by atoms with Gasteiger partial charge in [0.25, 0.3) is 0 Å². The molecule has 27 heavy (non-hydrogen) atoms. The predicted molar refractivity (Wildman–Crippen MR) is 121 cm³/mol. The van der Waals surface area contributed by atoms with E-state index in [1.807, 2.05) is 18.7 Å². The Morgan fingerprint density at radius 2 is 2.11 bits per heavy atom. The lowest BCUT2D eigenvalue weighted by molar-refractivity contribution is 0.309. The van der Waals surface area contributed by atoms with Gasteiger partial charge in [-0.05, 0) is 38.8 Å².